The molecule has 2 fully saturated rings. The zero-order valence-corrected chi connectivity index (χ0v) is 15.2. The largest absolute Gasteiger partial charge is 0.339 e. The van der Waals surface area contributed by atoms with Gasteiger partial charge >= 0.3 is 0 Å². The lowest BCUT2D eigenvalue weighted by Crippen LogP contribution is -2.54. The normalized spacial score (nSPS) is 30.2. The smallest absolute Gasteiger partial charge is 0.230 e. The fraction of sp³-hybridized carbons (Fsp3) is 0.632. The number of thiazole rings is 1. The minimum absolute atomic E-state index is 0.0619. The van der Waals surface area contributed by atoms with Gasteiger partial charge in [-0.1, -0.05) is 31.4 Å². The van der Waals surface area contributed by atoms with E-state index in [2.05, 4.69) is 27.4 Å². The van der Waals surface area contributed by atoms with Crippen molar-refractivity contribution < 1.29 is 9.59 Å². The van der Waals surface area contributed by atoms with E-state index in [-0.39, 0.29) is 29.6 Å². The molecule has 0 bridgehead atoms. The summed E-state index contributed by atoms with van der Waals surface area (Å²) in [5.74, 6) is -0.147. The van der Waals surface area contributed by atoms with Gasteiger partial charge in [-0.05, 0) is 31.6 Å². The molecule has 6 heteroatoms. The molecular weight excluding hydrogens is 334 g/mol. The third-order valence-electron chi connectivity index (χ3n) is 5.95. The van der Waals surface area contributed by atoms with E-state index in [1.165, 1.54) is 30.6 Å². The van der Waals surface area contributed by atoms with E-state index < -0.39 is 0 Å². The Morgan fingerprint density at radius 1 is 1.24 bits per heavy atom. The SMILES string of the molecule is O=C(Nc1nccs1)C1CC=C[C@@H]2CCN(C3CCCCC3)C(=O)[C@H]12. The molecule has 1 aromatic rings. The Kier molecular flexibility index (Phi) is 4.88. The average molecular weight is 359 g/mol. The van der Waals surface area contributed by atoms with E-state index in [1.807, 2.05) is 5.38 Å². The maximum absolute atomic E-state index is 13.3. The Balaban J connectivity index is 1.51. The van der Waals surface area contributed by atoms with Gasteiger partial charge in [-0.25, -0.2) is 4.98 Å². The third-order valence-corrected chi connectivity index (χ3v) is 6.64. The number of likely N-dealkylation sites (tertiary alicyclic amines) is 1. The summed E-state index contributed by atoms with van der Waals surface area (Å²) in [4.78, 5) is 32.3. The lowest BCUT2D eigenvalue weighted by atomic mass is 9.70. The maximum Gasteiger partial charge on any atom is 0.230 e. The number of rotatable bonds is 3. The lowest BCUT2D eigenvalue weighted by Gasteiger charge is -2.45. The van der Waals surface area contributed by atoms with E-state index in [9.17, 15) is 9.59 Å². The second-order valence-corrected chi connectivity index (χ2v) is 8.29. The van der Waals surface area contributed by atoms with Gasteiger partial charge in [-0.2, -0.15) is 0 Å². The van der Waals surface area contributed by atoms with Crippen LogP contribution in [-0.4, -0.2) is 34.3 Å². The van der Waals surface area contributed by atoms with Crippen molar-refractivity contribution in [1.82, 2.24) is 9.88 Å². The number of fused-ring (bicyclic) bond motifs is 1. The van der Waals surface area contributed by atoms with Crippen LogP contribution in [0.5, 0.6) is 0 Å². The number of carbonyl (C=O) groups is 2. The Labute approximate surface area is 152 Å². The molecular formula is C19H25N3O2S. The van der Waals surface area contributed by atoms with Crippen LogP contribution in [0.3, 0.4) is 0 Å². The van der Waals surface area contributed by atoms with E-state index in [4.69, 9.17) is 0 Å². The minimum Gasteiger partial charge on any atom is -0.339 e. The number of allylic oxidation sites excluding steroid dienone is 2. The van der Waals surface area contributed by atoms with Crippen LogP contribution in [0.1, 0.15) is 44.9 Å². The Morgan fingerprint density at radius 2 is 2.08 bits per heavy atom. The van der Waals surface area contributed by atoms with Crippen LogP contribution < -0.4 is 5.32 Å². The molecule has 1 aromatic heterocycles. The van der Waals surface area contributed by atoms with Crippen molar-refractivity contribution in [2.45, 2.75) is 51.0 Å². The predicted molar refractivity (Wildman–Crippen MR) is 98.2 cm³/mol. The van der Waals surface area contributed by atoms with Gasteiger partial charge in [0.2, 0.25) is 11.8 Å². The molecule has 0 spiro atoms. The molecule has 4 rings (SSSR count). The molecule has 2 heterocycles. The molecule has 25 heavy (non-hydrogen) atoms. The van der Waals surface area contributed by atoms with Crippen molar-refractivity contribution in [3.8, 4) is 0 Å². The van der Waals surface area contributed by atoms with Gasteiger partial charge in [-0.15, -0.1) is 11.3 Å². The molecule has 134 valence electrons. The first-order valence-corrected chi connectivity index (χ1v) is 10.3. The van der Waals surface area contributed by atoms with Gasteiger partial charge in [0.05, 0.1) is 11.8 Å². The monoisotopic (exact) mass is 359 g/mol. The first kappa shape index (κ1) is 16.8. The van der Waals surface area contributed by atoms with E-state index >= 15 is 0 Å². The number of amides is 2. The molecule has 2 aliphatic carbocycles. The van der Waals surface area contributed by atoms with Crippen molar-refractivity contribution in [3.05, 3.63) is 23.7 Å². The minimum atomic E-state index is -0.280. The van der Waals surface area contributed by atoms with Crippen LogP contribution in [0.2, 0.25) is 0 Å². The molecule has 1 saturated heterocycles. The highest BCUT2D eigenvalue weighted by atomic mass is 32.1. The molecule has 1 N–H and O–H groups in total. The second-order valence-electron chi connectivity index (χ2n) is 7.40. The summed E-state index contributed by atoms with van der Waals surface area (Å²) < 4.78 is 0. The van der Waals surface area contributed by atoms with Gasteiger partial charge in [0.25, 0.3) is 0 Å². The molecule has 0 radical (unpaired) electrons. The summed E-state index contributed by atoms with van der Waals surface area (Å²) in [5, 5.41) is 5.36. The highest BCUT2D eigenvalue weighted by Crippen LogP contribution is 2.40. The second kappa shape index (κ2) is 7.28. The molecule has 3 atom stereocenters. The summed E-state index contributed by atoms with van der Waals surface area (Å²) in [6.07, 6.45) is 13.5. The van der Waals surface area contributed by atoms with Crippen LogP contribution >= 0.6 is 11.3 Å². The van der Waals surface area contributed by atoms with Gasteiger partial charge in [0.1, 0.15) is 0 Å². The van der Waals surface area contributed by atoms with Gasteiger partial charge < -0.3 is 10.2 Å². The van der Waals surface area contributed by atoms with E-state index in [0.717, 1.165) is 25.8 Å². The molecule has 1 aliphatic heterocycles. The van der Waals surface area contributed by atoms with Crippen molar-refractivity contribution in [1.29, 1.82) is 0 Å². The Morgan fingerprint density at radius 3 is 2.84 bits per heavy atom. The highest BCUT2D eigenvalue weighted by Gasteiger charge is 2.46. The summed E-state index contributed by atoms with van der Waals surface area (Å²) in [6, 6.07) is 0.385. The number of anilines is 1. The van der Waals surface area contributed by atoms with Crippen LogP contribution in [-0.2, 0) is 9.59 Å². The fourth-order valence-electron chi connectivity index (χ4n) is 4.69. The average Bonchev–Trinajstić information content (AvgIpc) is 3.15. The van der Waals surface area contributed by atoms with Crippen LogP contribution in [0, 0.1) is 17.8 Å². The van der Waals surface area contributed by atoms with E-state index in [1.54, 1.807) is 6.20 Å². The zero-order chi connectivity index (χ0) is 17.2. The Bertz CT molecular complexity index is 652. The van der Waals surface area contributed by atoms with Crippen LogP contribution in [0.25, 0.3) is 0 Å². The summed E-state index contributed by atoms with van der Waals surface area (Å²) in [5.41, 5.74) is 0. The molecule has 0 aromatic carbocycles. The topological polar surface area (TPSA) is 62.3 Å². The quantitative estimate of drug-likeness (QED) is 0.841. The zero-order valence-electron chi connectivity index (χ0n) is 14.4. The van der Waals surface area contributed by atoms with Crippen LogP contribution in [0.15, 0.2) is 23.7 Å². The van der Waals surface area contributed by atoms with Gasteiger partial charge in [0, 0.05) is 24.2 Å². The first-order chi connectivity index (χ1) is 12.2. The molecule has 1 unspecified atom stereocenters. The summed E-state index contributed by atoms with van der Waals surface area (Å²) in [6.45, 7) is 0.843. The number of nitrogens with one attached hydrogen (secondary N) is 1. The third kappa shape index (κ3) is 3.36. The summed E-state index contributed by atoms with van der Waals surface area (Å²) in [7, 11) is 0. The predicted octanol–water partition coefficient (Wildman–Crippen LogP) is 3.46. The number of carbonyl (C=O) groups excluding carboxylic acids is 2. The highest BCUT2D eigenvalue weighted by molar-refractivity contribution is 7.13. The van der Waals surface area contributed by atoms with E-state index in [0.29, 0.717) is 17.6 Å². The Hall–Kier alpha value is -1.69. The van der Waals surface area contributed by atoms with Crippen molar-refractivity contribution >= 4 is 28.3 Å². The molecule has 3 aliphatic rings. The van der Waals surface area contributed by atoms with Crippen molar-refractivity contribution in [2.75, 3.05) is 11.9 Å². The summed E-state index contributed by atoms with van der Waals surface area (Å²) >= 11 is 1.41. The number of piperidine rings is 1. The lowest BCUT2D eigenvalue weighted by molar-refractivity contribution is -0.149. The molecule has 1 saturated carbocycles. The number of aromatic nitrogens is 1. The fourth-order valence-corrected chi connectivity index (χ4v) is 5.23. The number of hydrogen-bond acceptors (Lipinski definition) is 4. The van der Waals surface area contributed by atoms with Crippen molar-refractivity contribution in [2.24, 2.45) is 17.8 Å². The number of nitrogens with zero attached hydrogens (tertiary/aromatic N) is 2. The number of hydrogen-bond donors (Lipinski definition) is 1. The van der Waals surface area contributed by atoms with Crippen molar-refractivity contribution in [3.63, 3.8) is 0 Å². The molecule has 2 amide bonds. The standard InChI is InChI=1S/C19H25N3O2S/c23-17(21-19-20-10-12-25-19)15-8-4-5-13-9-11-22(18(24)16(13)15)14-6-2-1-3-7-14/h4-5,10,12-16H,1-3,6-9,11H2,(H,20,21,23)/t13-,15?,16+/m1/s1. The first-order valence-electron chi connectivity index (χ1n) is 9.41. The van der Waals surface area contributed by atoms with Gasteiger partial charge in [-0.3, -0.25) is 9.59 Å². The maximum atomic E-state index is 13.3. The van der Waals surface area contributed by atoms with Gasteiger partial charge in [0.15, 0.2) is 5.13 Å². The molecule has 5 nitrogen and oxygen atoms in total. The van der Waals surface area contributed by atoms with Crippen LogP contribution in [0.4, 0.5) is 5.13 Å².